The predicted molar refractivity (Wildman–Crippen MR) is 84.9 cm³/mol. The van der Waals surface area contributed by atoms with Gasteiger partial charge in [0.2, 0.25) is 5.91 Å². The van der Waals surface area contributed by atoms with Crippen LogP contribution in [0.2, 0.25) is 0 Å². The first kappa shape index (κ1) is 16.6. The van der Waals surface area contributed by atoms with E-state index in [0.29, 0.717) is 11.1 Å². The van der Waals surface area contributed by atoms with Crippen molar-refractivity contribution in [2.75, 3.05) is 12.4 Å². The normalized spacial score (nSPS) is 11.3. The fourth-order valence-corrected chi connectivity index (χ4v) is 2.55. The minimum Gasteiger partial charge on any atom is -0.464 e. The van der Waals surface area contributed by atoms with E-state index in [1.54, 1.807) is 24.3 Å². The molecule has 1 atom stereocenters. The molecule has 2 rings (SSSR count). The summed E-state index contributed by atoms with van der Waals surface area (Å²) in [7, 11) is 1.25. The van der Waals surface area contributed by atoms with Crippen LogP contribution in [-0.2, 0) is 16.0 Å². The molecule has 7 nitrogen and oxygen atoms in total. The molecule has 0 radical (unpaired) electrons. The number of nitrogens with one attached hydrogen (secondary N) is 1. The predicted octanol–water partition coefficient (Wildman–Crippen LogP) is 1.31. The number of nitriles is 1. The Morgan fingerprint density at radius 2 is 2.22 bits per heavy atom. The molecule has 1 amide bonds. The monoisotopic (exact) mass is 330 g/mol. The van der Waals surface area contributed by atoms with Crippen molar-refractivity contribution in [1.29, 1.82) is 5.26 Å². The van der Waals surface area contributed by atoms with Crippen molar-refractivity contribution in [1.82, 2.24) is 4.98 Å². The Morgan fingerprint density at radius 3 is 2.91 bits per heavy atom. The van der Waals surface area contributed by atoms with Crippen LogP contribution in [0.15, 0.2) is 29.6 Å². The van der Waals surface area contributed by atoms with Crippen LogP contribution in [-0.4, -0.2) is 30.0 Å². The molecule has 0 fully saturated rings. The van der Waals surface area contributed by atoms with E-state index < -0.39 is 17.9 Å². The number of anilines is 1. The lowest BCUT2D eigenvalue weighted by atomic mass is 10.0. The number of rotatable bonds is 5. The number of nitrogens with zero attached hydrogens (tertiary/aromatic N) is 2. The van der Waals surface area contributed by atoms with E-state index >= 15 is 0 Å². The van der Waals surface area contributed by atoms with Crippen molar-refractivity contribution in [2.45, 2.75) is 12.5 Å². The molecule has 0 bridgehead atoms. The third-order valence-electron chi connectivity index (χ3n) is 3.04. The summed E-state index contributed by atoms with van der Waals surface area (Å²) in [4.78, 5) is 27.4. The first-order valence-electron chi connectivity index (χ1n) is 6.63. The summed E-state index contributed by atoms with van der Waals surface area (Å²) in [5.74, 6) is -1.02. The lowest BCUT2D eigenvalue weighted by Crippen LogP contribution is -2.37. The van der Waals surface area contributed by atoms with E-state index in [9.17, 15) is 9.59 Å². The van der Waals surface area contributed by atoms with Crippen LogP contribution in [0.1, 0.15) is 21.6 Å². The van der Waals surface area contributed by atoms with Gasteiger partial charge in [-0.2, -0.15) is 5.26 Å². The van der Waals surface area contributed by atoms with E-state index in [0.717, 1.165) is 11.3 Å². The number of esters is 1. The van der Waals surface area contributed by atoms with Gasteiger partial charge in [0.05, 0.1) is 24.8 Å². The number of hydrogen-bond donors (Lipinski definition) is 2. The fourth-order valence-electron chi connectivity index (χ4n) is 1.86. The Labute approximate surface area is 136 Å². The van der Waals surface area contributed by atoms with Crippen LogP contribution in [0.25, 0.3) is 0 Å². The Morgan fingerprint density at radius 1 is 1.48 bits per heavy atom. The van der Waals surface area contributed by atoms with Gasteiger partial charge in [-0.3, -0.25) is 4.79 Å². The number of thiazole rings is 1. The second-order valence-electron chi connectivity index (χ2n) is 4.60. The SMILES string of the molecule is COC(=O)c1csc(NC(=O)C(N)Cc2ccccc2C#N)n1. The van der Waals surface area contributed by atoms with Crippen LogP contribution < -0.4 is 11.1 Å². The van der Waals surface area contributed by atoms with Crippen LogP contribution in [0.3, 0.4) is 0 Å². The highest BCUT2D eigenvalue weighted by molar-refractivity contribution is 7.14. The minimum atomic E-state index is -0.838. The van der Waals surface area contributed by atoms with Crippen LogP contribution in [0.5, 0.6) is 0 Å². The highest BCUT2D eigenvalue weighted by atomic mass is 32.1. The van der Waals surface area contributed by atoms with E-state index in [1.807, 2.05) is 0 Å². The zero-order valence-electron chi connectivity index (χ0n) is 12.3. The standard InChI is InChI=1S/C15H14N4O3S/c1-22-14(21)12-8-23-15(18-12)19-13(20)11(17)6-9-4-2-3-5-10(9)7-16/h2-5,8,11H,6,17H2,1H3,(H,18,19,20). The first-order chi connectivity index (χ1) is 11.0. The van der Waals surface area contributed by atoms with Crippen LogP contribution in [0, 0.1) is 11.3 Å². The van der Waals surface area contributed by atoms with Gasteiger partial charge in [-0.15, -0.1) is 11.3 Å². The number of benzene rings is 1. The largest absolute Gasteiger partial charge is 0.464 e. The van der Waals surface area contributed by atoms with E-state index in [-0.39, 0.29) is 17.2 Å². The fraction of sp³-hybridized carbons (Fsp3) is 0.200. The van der Waals surface area contributed by atoms with Gasteiger partial charge < -0.3 is 15.8 Å². The first-order valence-corrected chi connectivity index (χ1v) is 7.51. The molecule has 23 heavy (non-hydrogen) atoms. The third kappa shape index (κ3) is 4.12. The summed E-state index contributed by atoms with van der Waals surface area (Å²) in [6, 6.07) is 8.18. The second kappa shape index (κ2) is 7.49. The molecule has 1 aromatic heterocycles. The Balaban J connectivity index is 2.01. The van der Waals surface area contributed by atoms with E-state index in [4.69, 9.17) is 11.0 Å². The molecule has 3 N–H and O–H groups in total. The molecule has 2 aromatic rings. The van der Waals surface area contributed by atoms with Gasteiger partial charge in [-0.05, 0) is 18.1 Å². The maximum Gasteiger partial charge on any atom is 0.357 e. The molecule has 0 aliphatic carbocycles. The number of aromatic nitrogens is 1. The lowest BCUT2D eigenvalue weighted by Gasteiger charge is -2.11. The number of nitrogens with two attached hydrogens (primary N) is 1. The molecule has 8 heteroatoms. The lowest BCUT2D eigenvalue weighted by molar-refractivity contribution is -0.117. The van der Waals surface area contributed by atoms with Crippen molar-refractivity contribution in [3.05, 3.63) is 46.5 Å². The average Bonchev–Trinajstić information content (AvgIpc) is 3.03. The molecule has 0 aliphatic rings. The van der Waals surface area contributed by atoms with Gasteiger partial charge in [0.25, 0.3) is 0 Å². The smallest absolute Gasteiger partial charge is 0.357 e. The number of hydrogen-bond acceptors (Lipinski definition) is 7. The van der Waals surface area contributed by atoms with Gasteiger partial charge in [0, 0.05) is 5.38 Å². The number of methoxy groups -OCH3 is 1. The topological polar surface area (TPSA) is 118 Å². The van der Waals surface area contributed by atoms with Gasteiger partial charge >= 0.3 is 5.97 Å². The van der Waals surface area contributed by atoms with Crippen LogP contribution >= 0.6 is 11.3 Å². The van der Waals surface area contributed by atoms with Crippen molar-refractivity contribution in [2.24, 2.45) is 5.73 Å². The summed E-state index contributed by atoms with van der Waals surface area (Å²) in [6.45, 7) is 0. The minimum absolute atomic E-state index is 0.121. The van der Waals surface area contributed by atoms with E-state index in [1.165, 1.54) is 12.5 Å². The molecule has 1 heterocycles. The molecule has 0 aliphatic heterocycles. The molecule has 0 spiro atoms. The molecular weight excluding hydrogens is 316 g/mol. The van der Waals surface area contributed by atoms with Gasteiger partial charge in [-0.25, -0.2) is 9.78 Å². The zero-order chi connectivity index (χ0) is 16.8. The number of carbonyl (C=O) groups is 2. The van der Waals surface area contributed by atoms with Crippen molar-refractivity contribution >= 4 is 28.3 Å². The Bertz CT molecular complexity index is 766. The van der Waals surface area contributed by atoms with Crippen LogP contribution in [0.4, 0.5) is 5.13 Å². The number of ether oxygens (including phenoxy) is 1. The van der Waals surface area contributed by atoms with Gasteiger partial charge in [0.15, 0.2) is 10.8 Å². The quantitative estimate of drug-likeness (QED) is 0.798. The van der Waals surface area contributed by atoms with Gasteiger partial charge in [0.1, 0.15) is 0 Å². The maximum atomic E-state index is 12.1. The summed E-state index contributed by atoms with van der Waals surface area (Å²) in [5.41, 5.74) is 7.18. The van der Waals surface area contributed by atoms with Crippen molar-refractivity contribution < 1.29 is 14.3 Å². The third-order valence-corrected chi connectivity index (χ3v) is 3.80. The van der Waals surface area contributed by atoms with Crippen molar-refractivity contribution in [3.8, 4) is 6.07 Å². The highest BCUT2D eigenvalue weighted by Gasteiger charge is 2.18. The summed E-state index contributed by atoms with van der Waals surface area (Å²) >= 11 is 1.10. The summed E-state index contributed by atoms with van der Waals surface area (Å²) < 4.78 is 4.54. The average molecular weight is 330 g/mol. The highest BCUT2D eigenvalue weighted by Crippen LogP contribution is 2.17. The molecule has 0 saturated heterocycles. The van der Waals surface area contributed by atoms with E-state index in [2.05, 4.69) is 21.1 Å². The zero-order valence-corrected chi connectivity index (χ0v) is 13.1. The van der Waals surface area contributed by atoms with Gasteiger partial charge in [-0.1, -0.05) is 18.2 Å². The molecule has 0 saturated carbocycles. The molecule has 1 aromatic carbocycles. The second-order valence-corrected chi connectivity index (χ2v) is 5.46. The maximum absolute atomic E-state index is 12.1. The molecule has 118 valence electrons. The molecular formula is C15H14N4O3S. The van der Waals surface area contributed by atoms with Crippen molar-refractivity contribution in [3.63, 3.8) is 0 Å². The Kier molecular flexibility index (Phi) is 5.41. The molecule has 1 unspecified atom stereocenters. The summed E-state index contributed by atoms with van der Waals surface area (Å²) in [6.07, 6.45) is 0.227. The Hall–Kier alpha value is -2.76. The number of amides is 1. The number of carbonyl (C=O) groups excluding carboxylic acids is 2. The summed E-state index contributed by atoms with van der Waals surface area (Å²) in [5, 5.41) is 13.3.